The maximum atomic E-state index is 12.6. The molecule has 150 valence electrons. The molecule has 9 heteroatoms. The standard InChI is InChI=1S/C20H22N6O3/c1-24(2)17-15(11-21-20(23-17)25-9-5-6-10-25)22-16(27)12-26-18(28)13-7-3-4-8-14(13)19(26)29/h3-4,7-8,11H,5-6,9-10,12H2,1-2H3,(H,22,27). The summed E-state index contributed by atoms with van der Waals surface area (Å²) >= 11 is 0. The summed E-state index contributed by atoms with van der Waals surface area (Å²) < 4.78 is 0. The lowest BCUT2D eigenvalue weighted by Crippen LogP contribution is -2.37. The summed E-state index contributed by atoms with van der Waals surface area (Å²) in [6.45, 7) is 1.46. The number of carbonyl (C=O) groups excluding carboxylic acids is 3. The summed E-state index contributed by atoms with van der Waals surface area (Å²) in [4.78, 5) is 51.3. The summed E-state index contributed by atoms with van der Waals surface area (Å²) in [7, 11) is 3.66. The van der Waals surface area contributed by atoms with Crippen LogP contribution < -0.4 is 15.1 Å². The van der Waals surface area contributed by atoms with Crippen molar-refractivity contribution in [1.29, 1.82) is 0 Å². The van der Waals surface area contributed by atoms with Gasteiger partial charge in [-0.05, 0) is 25.0 Å². The van der Waals surface area contributed by atoms with Crippen molar-refractivity contribution < 1.29 is 14.4 Å². The zero-order valence-corrected chi connectivity index (χ0v) is 16.4. The molecule has 3 heterocycles. The Morgan fingerprint density at radius 1 is 1.10 bits per heavy atom. The van der Waals surface area contributed by atoms with Gasteiger partial charge in [-0.25, -0.2) is 4.98 Å². The number of imide groups is 1. The van der Waals surface area contributed by atoms with E-state index >= 15 is 0 Å². The second-order valence-electron chi connectivity index (χ2n) is 7.29. The van der Waals surface area contributed by atoms with Crippen LogP contribution in [0.4, 0.5) is 17.5 Å². The van der Waals surface area contributed by atoms with Gasteiger partial charge in [0.25, 0.3) is 11.8 Å². The Morgan fingerprint density at radius 3 is 2.31 bits per heavy atom. The van der Waals surface area contributed by atoms with Crippen LogP contribution in [0.3, 0.4) is 0 Å². The zero-order valence-electron chi connectivity index (χ0n) is 16.4. The Morgan fingerprint density at radius 2 is 1.72 bits per heavy atom. The second-order valence-corrected chi connectivity index (χ2v) is 7.29. The van der Waals surface area contributed by atoms with Crippen LogP contribution in [0.2, 0.25) is 0 Å². The molecule has 29 heavy (non-hydrogen) atoms. The zero-order chi connectivity index (χ0) is 20.5. The first-order chi connectivity index (χ1) is 14.0. The fourth-order valence-electron chi connectivity index (χ4n) is 3.58. The molecular formula is C20H22N6O3. The van der Waals surface area contributed by atoms with Crippen molar-refractivity contribution in [2.45, 2.75) is 12.8 Å². The number of anilines is 3. The predicted octanol–water partition coefficient (Wildman–Crippen LogP) is 1.38. The molecule has 2 aliphatic heterocycles. The number of nitrogens with zero attached hydrogens (tertiary/aromatic N) is 5. The van der Waals surface area contributed by atoms with Gasteiger partial charge in [-0.3, -0.25) is 19.3 Å². The molecule has 0 unspecified atom stereocenters. The lowest BCUT2D eigenvalue weighted by Gasteiger charge is -2.21. The van der Waals surface area contributed by atoms with Gasteiger partial charge in [-0.15, -0.1) is 0 Å². The van der Waals surface area contributed by atoms with Crippen LogP contribution in [0.1, 0.15) is 33.6 Å². The number of fused-ring (bicyclic) bond motifs is 1. The van der Waals surface area contributed by atoms with Crippen molar-refractivity contribution >= 4 is 35.2 Å². The highest BCUT2D eigenvalue weighted by molar-refractivity contribution is 6.22. The van der Waals surface area contributed by atoms with Crippen molar-refractivity contribution in [2.75, 3.05) is 48.8 Å². The molecule has 2 aromatic rings. The lowest BCUT2D eigenvalue weighted by molar-refractivity contribution is -0.116. The monoisotopic (exact) mass is 394 g/mol. The smallest absolute Gasteiger partial charge is 0.262 e. The average molecular weight is 394 g/mol. The van der Waals surface area contributed by atoms with Gasteiger partial charge in [-0.1, -0.05) is 12.1 Å². The molecule has 3 amide bonds. The van der Waals surface area contributed by atoms with Crippen molar-refractivity contribution in [3.05, 3.63) is 41.6 Å². The highest BCUT2D eigenvalue weighted by atomic mass is 16.2. The largest absolute Gasteiger partial charge is 0.361 e. The van der Waals surface area contributed by atoms with Crippen LogP contribution in [0.25, 0.3) is 0 Å². The Hall–Kier alpha value is -3.49. The molecule has 0 radical (unpaired) electrons. The minimum absolute atomic E-state index is 0.317. The number of carbonyl (C=O) groups is 3. The van der Waals surface area contributed by atoms with E-state index in [9.17, 15) is 14.4 Å². The topological polar surface area (TPSA) is 98.7 Å². The van der Waals surface area contributed by atoms with Gasteiger partial charge in [0.05, 0.1) is 17.3 Å². The Balaban J connectivity index is 1.50. The summed E-state index contributed by atoms with van der Waals surface area (Å²) in [6.07, 6.45) is 3.79. The number of aromatic nitrogens is 2. The van der Waals surface area contributed by atoms with Crippen LogP contribution in [0.15, 0.2) is 30.5 Å². The highest BCUT2D eigenvalue weighted by Crippen LogP contribution is 2.26. The predicted molar refractivity (Wildman–Crippen MR) is 108 cm³/mol. The van der Waals surface area contributed by atoms with Gasteiger partial charge >= 0.3 is 0 Å². The molecule has 1 aromatic heterocycles. The summed E-state index contributed by atoms with van der Waals surface area (Å²) in [5, 5.41) is 2.73. The molecule has 0 atom stereocenters. The van der Waals surface area contributed by atoms with Crippen LogP contribution in [-0.2, 0) is 4.79 Å². The number of benzene rings is 1. The van der Waals surface area contributed by atoms with Crippen molar-refractivity contribution in [2.24, 2.45) is 0 Å². The average Bonchev–Trinajstić information content (AvgIpc) is 3.32. The van der Waals surface area contributed by atoms with Crippen molar-refractivity contribution in [3.8, 4) is 0 Å². The van der Waals surface area contributed by atoms with Gasteiger partial charge in [-0.2, -0.15) is 4.98 Å². The summed E-state index contributed by atoms with van der Waals surface area (Å²) in [6, 6.07) is 6.55. The van der Waals surface area contributed by atoms with E-state index in [1.54, 1.807) is 35.4 Å². The van der Waals surface area contributed by atoms with E-state index in [0.29, 0.717) is 28.6 Å². The Labute approximate surface area is 168 Å². The van der Waals surface area contributed by atoms with Gasteiger partial charge < -0.3 is 15.1 Å². The van der Waals surface area contributed by atoms with E-state index in [4.69, 9.17) is 0 Å². The summed E-state index contributed by atoms with van der Waals surface area (Å²) in [5.74, 6) is -0.217. The number of nitrogens with one attached hydrogen (secondary N) is 1. The van der Waals surface area contributed by atoms with Crippen LogP contribution >= 0.6 is 0 Å². The van der Waals surface area contributed by atoms with Crippen molar-refractivity contribution in [1.82, 2.24) is 14.9 Å². The van der Waals surface area contributed by atoms with E-state index in [2.05, 4.69) is 20.2 Å². The third-order valence-electron chi connectivity index (χ3n) is 5.02. The fraction of sp³-hybridized carbons (Fsp3) is 0.350. The first-order valence-electron chi connectivity index (χ1n) is 9.50. The lowest BCUT2D eigenvalue weighted by atomic mass is 10.1. The van der Waals surface area contributed by atoms with E-state index < -0.39 is 17.7 Å². The first kappa shape index (κ1) is 18.9. The molecule has 4 rings (SSSR count). The van der Waals surface area contributed by atoms with E-state index in [0.717, 1.165) is 30.8 Å². The fourth-order valence-corrected chi connectivity index (χ4v) is 3.58. The number of amides is 3. The second kappa shape index (κ2) is 7.50. The van der Waals surface area contributed by atoms with Crippen LogP contribution in [-0.4, -0.2) is 66.3 Å². The molecule has 9 nitrogen and oxygen atoms in total. The maximum absolute atomic E-state index is 12.6. The first-order valence-corrected chi connectivity index (χ1v) is 9.50. The molecule has 0 bridgehead atoms. The van der Waals surface area contributed by atoms with Gasteiger partial charge in [0, 0.05) is 27.2 Å². The minimum Gasteiger partial charge on any atom is -0.361 e. The van der Waals surface area contributed by atoms with E-state index in [1.807, 2.05) is 14.1 Å². The van der Waals surface area contributed by atoms with Gasteiger partial charge in [0.15, 0.2) is 5.82 Å². The third kappa shape index (κ3) is 3.51. The normalized spacial score (nSPS) is 15.7. The van der Waals surface area contributed by atoms with Crippen LogP contribution in [0, 0.1) is 0 Å². The minimum atomic E-state index is -0.486. The maximum Gasteiger partial charge on any atom is 0.262 e. The quantitative estimate of drug-likeness (QED) is 0.765. The molecule has 0 spiro atoms. The van der Waals surface area contributed by atoms with Crippen LogP contribution in [0.5, 0.6) is 0 Å². The van der Waals surface area contributed by atoms with Crippen molar-refractivity contribution in [3.63, 3.8) is 0 Å². The van der Waals surface area contributed by atoms with E-state index in [-0.39, 0.29) is 6.54 Å². The molecule has 1 aromatic carbocycles. The molecule has 1 fully saturated rings. The SMILES string of the molecule is CN(C)c1nc(N2CCCC2)ncc1NC(=O)CN1C(=O)c2ccccc2C1=O. The molecular weight excluding hydrogens is 372 g/mol. The number of hydrogen-bond acceptors (Lipinski definition) is 7. The molecule has 0 aliphatic carbocycles. The third-order valence-corrected chi connectivity index (χ3v) is 5.02. The molecule has 1 N–H and O–H groups in total. The number of hydrogen-bond donors (Lipinski definition) is 1. The van der Waals surface area contributed by atoms with Gasteiger partial charge in [0.2, 0.25) is 11.9 Å². The summed E-state index contributed by atoms with van der Waals surface area (Å²) in [5.41, 5.74) is 1.06. The molecule has 1 saturated heterocycles. The molecule has 2 aliphatic rings. The highest BCUT2D eigenvalue weighted by Gasteiger charge is 2.36. The number of rotatable bonds is 5. The van der Waals surface area contributed by atoms with Gasteiger partial charge in [0.1, 0.15) is 12.2 Å². The molecule has 0 saturated carbocycles. The van der Waals surface area contributed by atoms with E-state index in [1.165, 1.54) is 0 Å². The Kier molecular flexibility index (Phi) is 4.87. The Bertz CT molecular complexity index is 949.